The van der Waals surface area contributed by atoms with E-state index in [9.17, 15) is 4.79 Å². The van der Waals surface area contributed by atoms with Crippen LogP contribution in [0.2, 0.25) is 0 Å². The second-order valence-corrected chi connectivity index (χ2v) is 5.46. The number of amides is 1. The minimum atomic E-state index is 0. The highest BCUT2D eigenvalue weighted by Gasteiger charge is 2.12. The maximum atomic E-state index is 11.7. The Morgan fingerprint density at radius 3 is 2.61 bits per heavy atom. The smallest absolute Gasteiger partial charge is 0.220 e. The average molecular weight is 337 g/mol. The molecule has 0 bridgehead atoms. The molecule has 6 heteroatoms. The third-order valence-electron chi connectivity index (χ3n) is 3.78. The summed E-state index contributed by atoms with van der Waals surface area (Å²) in [7, 11) is 0. The maximum absolute atomic E-state index is 11.7. The zero-order valence-corrected chi connectivity index (χ0v) is 14.5. The molecule has 0 saturated carbocycles. The zero-order chi connectivity index (χ0) is 15.9. The van der Waals surface area contributed by atoms with Crippen LogP contribution in [0.3, 0.4) is 0 Å². The number of nitrogens with two attached hydrogens (primary N) is 1. The fourth-order valence-electron chi connectivity index (χ4n) is 2.44. The summed E-state index contributed by atoms with van der Waals surface area (Å²) in [6, 6.07) is 10.2. The summed E-state index contributed by atoms with van der Waals surface area (Å²) >= 11 is 0. The number of nitrogens with one attached hydrogen (secondary N) is 1. The minimum Gasteiger partial charge on any atom is -0.352 e. The van der Waals surface area contributed by atoms with Crippen LogP contribution in [0.15, 0.2) is 30.3 Å². The standard InChI is InChI=1S/C17H24N4O.ClH/c1-13-16(11-19-17(22)9-6-10-18)14(2)21(20-13)12-15-7-4-3-5-8-15;/h3-5,7-8H,6,9-12,18H2,1-2H3,(H,19,22);1H. The van der Waals surface area contributed by atoms with Crippen LogP contribution >= 0.6 is 12.4 Å². The molecule has 5 nitrogen and oxygen atoms in total. The van der Waals surface area contributed by atoms with Crippen LogP contribution in [0.5, 0.6) is 0 Å². The van der Waals surface area contributed by atoms with Gasteiger partial charge in [-0.15, -0.1) is 12.4 Å². The van der Waals surface area contributed by atoms with Crippen LogP contribution in [0, 0.1) is 13.8 Å². The van der Waals surface area contributed by atoms with Crippen molar-refractivity contribution >= 4 is 18.3 Å². The van der Waals surface area contributed by atoms with Crippen molar-refractivity contribution < 1.29 is 4.79 Å². The van der Waals surface area contributed by atoms with Gasteiger partial charge in [0.05, 0.1) is 12.2 Å². The molecule has 0 aliphatic rings. The van der Waals surface area contributed by atoms with E-state index in [1.807, 2.05) is 36.7 Å². The molecular formula is C17H25ClN4O. The largest absolute Gasteiger partial charge is 0.352 e. The number of carbonyl (C=O) groups is 1. The van der Waals surface area contributed by atoms with Gasteiger partial charge < -0.3 is 11.1 Å². The molecule has 126 valence electrons. The Hall–Kier alpha value is -1.85. The number of hydrogen-bond donors (Lipinski definition) is 2. The summed E-state index contributed by atoms with van der Waals surface area (Å²) in [6.45, 7) is 5.84. The van der Waals surface area contributed by atoms with Crippen LogP contribution in [0.1, 0.15) is 35.4 Å². The molecule has 0 spiro atoms. The molecule has 0 aliphatic carbocycles. The van der Waals surface area contributed by atoms with E-state index in [2.05, 4.69) is 22.5 Å². The summed E-state index contributed by atoms with van der Waals surface area (Å²) < 4.78 is 1.99. The van der Waals surface area contributed by atoms with Crippen molar-refractivity contribution in [1.29, 1.82) is 0 Å². The SMILES string of the molecule is Cc1nn(Cc2ccccc2)c(C)c1CNC(=O)CCCN.Cl. The molecule has 1 aromatic carbocycles. The molecule has 0 atom stereocenters. The molecule has 2 aromatic rings. The predicted octanol–water partition coefficient (Wildman–Crippen LogP) is 2.33. The van der Waals surface area contributed by atoms with E-state index in [0.29, 0.717) is 19.5 Å². The molecule has 23 heavy (non-hydrogen) atoms. The highest BCUT2D eigenvalue weighted by atomic mass is 35.5. The van der Waals surface area contributed by atoms with Crippen molar-refractivity contribution in [2.24, 2.45) is 5.73 Å². The highest BCUT2D eigenvalue weighted by Crippen LogP contribution is 2.14. The van der Waals surface area contributed by atoms with Gasteiger partial charge in [0.25, 0.3) is 0 Å². The lowest BCUT2D eigenvalue weighted by Gasteiger charge is -2.07. The summed E-state index contributed by atoms with van der Waals surface area (Å²) in [6.07, 6.45) is 1.20. The first kappa shape index (κ1) is 19.2. The highest BCUT2D eigenvalue weighted by molar-refractivity contribution is 5.85. The Kier molecular flexibility index (Phi) is 7.78. The van der Waals surface area contributed by atoms with Gasteiger partial charge in [-0.3, -0.25) is 9.48 Å². The summed E-state index contributed by atoms with van der Waals surface area (Å²) in [5.41, 5.74) is 9.79. The second-order valence-electron chi connectivity index (χ2n) is 5.46. The van der Waals surface area contributed by atoms with Gasteiger partial charge in [0.15, 0.2) is 0 Å². The van der Waals surface area contributed by atoms with E-state index >= 15 is 0 Å². The fraction of sp³-hybridized carbons (Fsp3) is 0.412. The zero-order valence-electron chi connectivity index (χ0n) is 13.7. The van der Waals surface area contributed by atoms with E-state index in [1.165, 1.54) is 5.56 Å². The molecule has 0 radical (unpaired) electrons. The van der Waals surface area contributed by atoms with Crippen molar-refractivity contribution in [2.45, 2.75) is 39.8 Å². The van der Waals surface area contributed by atoms with Crippen molar-refractivity contribution in [1.82, 2.24) is 15.1 Å². The molecule has 3 N–H and O–H groups in total. The quantitative estimate of drug-likeness (QED) is 0.815. The molecule has 1 aromatic heterocycles. The van der Waals surface area contributed by atoms with Gasteiger partial charge in [-0.1, -0.05) is 30.3 Å². The number of benzene rings is 1. The van der Waals surface area contributed by atoms with E-state index in [4.69, 9.17) is 5.73 Å². The van der Waals surface area contributed by atoms with Crippen LogP contribution in [0.4, 0.5) is 0 Å². The first-order valence-corrected chi connectivity index (χ1v) is 7.65. The van der Waals surface area contributed by atoms with Gasteiger partial charge >= 0.3 is 0 Å². The fourth-order valence-corrected chi connectivity index (χ4v) is 2.44. The van der Waals surface area contributed by atoms with E-state index in [-0.39, 0.29) is 18.3 Å². The van der Waals surface area contributed by atoms with Crippen LogP contribution in [0.25, 0.3) is 0 Å². The maximum Gasteiger partial charge on any atom is 0.220 e. The lowest BCUT2D eigenvalue weighted by atomic mass is 10.2. The summed E-state index contributed by atoms with van der Waals surface area (Å²) in [4.78, 5) is 11.7. The molecule has 0 saturated heterocycles. The van der Waals surface area contributed by atoms with Crippen LogP contribution in [-0.4, -0.2) is 22.2 Å². The Morgan fingerprint density at radius 1 is 1.26 bits per heavy atom. The predicted molar refractivity (Wildman–Crippen MR) is 94.6 cm³/mol. The van der Waals surface area contributed by atoms with E-state index in [1.54, 1.807) is 0 Å². The molecule has 0 unspecified atom stereocenters. The van der Waals surface area contributed by atoms with Crippen LogP contribution in [-0.2, 0) is 17.9 Å². The van der Waals surface area contributed by atoms with Gasteiger partial charge in [-0.2, -0.15) is 5.10 Å². The van der Waals surface area contributed by atoms with Gasteiger partial charge in [-0.25, -0.2) is 0 Å². The van der Waals surface area contributed by atoms with Crippen LogP contribution < -0.4 is 11.1 Å². The summed E-state index contributed by atoms with van der Waals surface area (Å²) in [5.74, 6) is 0.0417. The second kappa shape index (κ2) is 9.33. The minimum absolute atomic E-state index is 0. The number of aryl methyl sites for hydroxylation is 1. The third-order valence-corrected chi connectivity index (χ3v) is 3.78. The van der Waals surface area contributed by atoms with Gasteiger partial charge in [-0.05, 0) is 32.4 Å². The topological polar surface area (TPSA) is 72.9 Å². The number of aromatic nitrogens is 2. The first-order valence-electron chi connectivity index (χ1n) is 7.65. The normalized spacial score (nSPS) is 10.2. The van der Waals surface area contributed by atoms with Crippen molar-refractivity contribution in [2.75, 3.05) is 6.54 Å². The van der Waals surface area contributed by atoms with Gasteiger partial charge in [0.1, 0.15) is 0 Å². The number of halogens is 1. The monoisotopic (exact) mass is 336 g/mol. The number of nitrogens with zero attached hydrogens (tertiary/aromatic N) is 2. The van der Waals surface area contributed by atoms with E-state index in [0.717, 1.165) is 29.9 Å². The lowest BCUT2D eigenvalue weighted by molar-refractivity contribution is -0.121. The lowest BCUT2D eigenvalue weighted by Crippen LogP contribution is -2.23. The van der Waals surface area contributed by atoms with Crippen molar-refractivity contribution in [3.05, 3.63) is 52.8 Å². The molecular weight excluding hydrogens is 312 g/mol. The number of carbonyl (C=O) groups excluding carboxylic acids is 1. The number of hydrogen-bond acceptors (Lipinski definition) is 3. The van der Waals surface area contributed by atoms with Gasteiger partial charge in [0.2, 0.25) is 5.91 Å². The molecule has 2 rings (SSSR count). The average Bonchev–Trinajstić information content (AvgIpc) is 2.78. The third kappa shape index (κ3) is 5.37. The molecule has 0 fully saturated rings. The molecule has 1 heterocycles. The molecule has 1 amide bonds. The number of rotatable bonds is 7. The first-order chi connectivity index (χ1) is 10.6. The van der Waals surface area contributed by atoms with Crippen molar-refractivity contribution in [3.63, 3.8) is 0 Å². The Balaban J connectivity index is 0.00000264. The summed E-state index contributed by atoms with van der Waals surface area (Å²) in [5, 5.41) is 7.54. The Bertz CT molecular complexity index is 625. The van der Waals surface area contributed by atoms with E-state index < -0.39 is 0 Å². The molecule has 0 aliphatic heterocycles. The Morgan fingerprint density at radius 2 is 1.96 bits per heavy atom. The van der Waals surface area contributed by atoms with Crippen molar-refractivity contribution in [3.8, 4) is 0 Å². The Labute approximate surface area is 143 Å². The van der Waals surface area contributed by atoms with Gasteiger partial charge in [0, 0.05) is 24.2 Å².